The summed E-state index contributed by atoms with van der Waals surface area (Å²) in [7, 11) is 3.87. The molecule has 1 aliphatic rings. The lowest BCUT2D eigenvalue weighted by Gasteiger charge is -2.40. The molecule has 1 atom stereocenters. The van der Waals surface area contributed by atoms with Crippen LogP contribution < -0.4 is 10.1 Å². The highest BCUT2D eigenvalue weighted by Gasteiger charge is 2.30. The molecule has 3 heteroatoms. The lowest BCUT2D eigenvalue weighted by atomic mass is 9.90. The Morgan fingerprint density at radius 2 is 2.00 bits per heavy atom. The van der Waals surface area contributed by atoms with Gasteiger partial charge < -0.3 is 15.0 Å². The van der Waals surface area contributed by atoms with E-state index in [0.29, 0.717) is 0 Å². The van der Waals surface area contributed by atoms with E-state index < -0.39 is 0 Å². The molecule has 16 heavy (non-hydrogen) atoms. The van der Waals surface area contributed by atoms with Crippen LogP contribution in [-0.4, -0.2) is 38.7 Å². The third kappa shape index (κ3) is 2.20. The molecule has 88 valence electrons. The largest absolute Gasteiger partial charge is 0.497 e. The summed E-state index contributed by atoms with van der Waals surface area (Å²) in [5, 5.41) is 3.60. The number of benzene rings is 1. The monoisotopic (exact) mass is 220 g/mol. The molecule has 1 aliphatic heterocycles. The number of piperazine rings is 1. The summed E-state index contributed by atoms with van der Waals surface area (Å²) in [6, 6.07) is 8.34. The van der Waals surface area contributed by atoms with Crippen LogP contribution in [-0.2, 0) is 5.54 Å². The molecule has 0 saturated carbocycles. The Kier molecular flexibility index (Phi) is 3.17. The SMILES string of the molecule is COc1ccc(C2(C)CN(C)CCN2)cc1. The fourth-order valence-corrected chi connectivity index (χ4v) is 2.35. The molecule has 3 nitrogen and oxygen atoms in total. The van der Waals surface area contributed by atoms with Gasteiger partial charge in [-0.3, -0.25) is 0 Å². The van der Waals surface area contributed by atoms with E-state index in [9.17, 15) is 0 Å². The van der Waals surface area contributed by atoms with E-state index in [0.717, 1.165) is 25.4 Å². The van der Waals surface area contributed by atoms with Crippen LogP contribution in [0.2, 0.25) is 0 Å². The molecule has 1 unspecified atom stereocenters. The van der Waals surface area contributed by atoms with E-state index in [1.807, 2.05) is 12.1 Å². The predicted molar refractivity (Wildman–Crippen MR) is 65.8 cm³/mol. The second-order valence-electron chi connectivity index (χ2n) is 4.73. The van der Waals surface area contributed by atoms with E-state index in [-0.39, 0.29) is 5.54 Å². The van der Waals surface area contributed by atoms with E-state index in [1.54, 1.807) is 7.11 Å². The maximum Gasteiger partial charge on any atom is 0.118 e. The molecule has 0 spiro atoms. The summed E-state index contributed by atoms with van der Waals surface area (Å²) in [6.07, 6.45) is 0. The second-order valence-corrected chi connectivity index (χ2v) is 4.73. The summed E-state index contributed by atoms with van der Waals surface area (Å²) < 4.78 is 5.18. The smallest absolute Gasteiger partial charge is 0.118 e. The zero-order valence-corrected chi connectivity index (χ0v) is 10.3. The molecule has 1 aromatic rings. The lowest BCUT2D eigenvalue weighted by molar-refractivity contribution is 0.171. The zero-order valence-electron chi connectivity index (χ0n) is 10.3. The van der Waals surface area contributed by atoms with Gasteiger partial charge in [0.1, 0.15) is 5.75 Å². The summed E-state index contributed by atoms with van der Waals surface area (Å²) in [4.78, 5) is 2.36. The highest BCUT2D eigenvalue weighted by Crippen LogP contribution is 2.25. The Labute approximate surface area is 97.4 Å². The number of methoxy groups -OCH3 is 1. The Hall–Kier alpha value is -1.06. The van der Waals surface area contributed by atoms with Crippen LogP contribution in [0.5, 0.6) is 5.75 Å². The maximum absolute atomic E-state index is 5.18. The Bertz CT molecular complexity index is 349. The summed E-state index contributed by atoms with van der Waals surface area (Å²) in [6.45, 7) is 5.45. The molecule has 0 aliphatic carbocycles. The van der Waals surface area contributed by atoms with Crippen molar-refractivity contribution in [3.05, 3.63) is 29.8 Å². The van der Waals surface area contributed by atoms with Gasteiger partial charge in [-0.15, -0.1) is 0 Å². The first-order valence-electron chi connectivity index (χ1n) is 5.72. The van der Waals surface area contributed by atoms with Crippen LogP contribution >= 0.6 is 0 Å². The molecule has 0 amide bonds. The highest BCUT2D eigenvalue weighted by atomic mass is 16.5. The molecular weight excluding hydrogens is 200 g/mol. The van der Waals surface area contributed by atoms with Gasteiger partial charge in [0, 0.05) is 19.6 Å². The maximum atomic E-state index is 5.18. The first kappa shape index (κ1) is 11.4. The number of ether oxygens (including phenoxy) is 1. The standard InChI is InChI=1S/C13H20N2O/c1-13(10-15(2)9-8-14-13)11-4-6-12(16-3)7-5-11/h4-7,14H,8-10H2,1-3H3. The Morgan fingerprint density at radius 1 is 1.31 bits per heavy atom. The van der Waals surface area contributed by atoms with Crippen LogP contribution in [0.15, 0.2) is 24.3 Å². The predicted octanol–water partition coefficient (Wildman–Crippen LogP) is 1.45. The molecule has 2 rings (SSSR count). The fourth-order valence-electron chi connectivity index (χ4n) is 2.35. The van der Waals surface area contributed by atoms with Crippen LogP contribution in [0.4, 0.5) is 0 Å². The summed E-state index contributed by atoms with van der Waals surface area (Å²) >= 11 is 0. The van der Waals surface area contributed by atoms with Crippen molar-refractivity contribution in [3.63, 3.8) is 0 Å². The van der Waals surface area contributed by atoms with E-state index in [2.05, 4.69) is 36.3 Å². The minimum atomic E-state index is 0.0548. The number of hydrogen-bond donors (Lipinski definition) is 1. The molecule has 0 bridgehead atoms. The zero-order chi connectivity index (χ0) is 11.6. The Morgan fingerprint density at radius 3 is 2.56 bits per heavy atom. The number of rotatable bonds is 2. The third-order valence-electron chi connectivity index (χ3n) is 3.32. The fraction of sp³-hybridized carbons (Fsp3) is 0.538. The van der Waals surface area contributed by atoms with Gasteiger partial charge in [0.2, 0.25) is 0 Å². The van der Waals surface area contributed by atoms with Crippen LogP contribution in [0.3, 0.4) is 0 Å². The van der Waals surface area contributed by atoms with Crippen molar-refractivity contribution >= 4 is 0 Å². The van der Waals surface area contributed by atoms with Crippen molar-refractivity contribution in [2.45, 2.75) is 12.5 Å². The van der Waals surface area contributed by atoms with Gasteiger partial charge in [-0.05, 0) is 31.7 Å². The van der Waals surface area contributed by atoms with E-state index >= 15 is 0 Å². The van der Waals surface area contributed by atoms with Gasteiger partial charge in [0.25, 0.3) is 0 Å². The van der Waals surface area contributed by atoms with Gasteiger partial charge in [-0.1, -0.05) is 12.1 Å². The molecule has 1 fully saturated rings. The summed E-state index contributed by atoms with van der Waals surface area (Å²) in [5.41, 5.74) is 1.37. The van der Waals surface area contributed by atoms with Crippen molar-refractivity contribution in [1.82, 2.24) is 10.2 Å². The van der Waals surface area contributed by atoms with Gasteiger partial charge in [0.15, 0.2) is 0 Å². The molecule has 0 aromatic heterocycles. The van der Waals surface area contributed by atoms with Crippen molar-refractivity contribution < 1.29 is 4.74 Å². The van der Waals surface area contributed by atoms with Gasteiger partial charge in [-0.25, -0.2) is 0 Å². The van der Waals surface area contributed by atoms with Gasteiger partial charge in [-0.2, -0.15) is 0 Å². The van der Waals surface area contributed by atoms with Gasteiger partial charge >= 0.3 is 0 Å². The third-order valence-corrected chi connectivity index (χ3v) is 3.32. The number of hydrogen-bond acceptors (Lipinski definition) is 3. The summed E-state index contributed by atoms with van der Waals surface area (Å²) in [5.74, 6) is 0.913. The van der Waals surface area contributed by atoms with E-state index in [1.165, 1.54) is 5.56 Å². The van der Waals surface area contributed by atoms with Crippen molar-refractivity contribution in [2.75, 3.05) is 33.8 Å². The first-order valence-corrected chi connectivity index (χ1v) is 5.72. The van der Waals surface area contributed by atoms with Crippen LogP contribution in [0.25, 0.3) is 0 Å². The molecule has 0 radical (unpaired) electrons. The number of nitrogens with zero attached hydrogens (tertiary/aromatic N) is 1. The van der Waals surface area contributed by atoms with Crippen molar-refractivity contribution in [1.29, 1.82) is 0 Å². The average Bonchev–Trinajstić information content (AvgIpc) is 2.29. The second kappa shape index (κ2) is 4.44. The lowest BCUT2D eigenvalue weighted by Crippen LogP contribution is -2.55. The number of nitrogens with one attached hydrogen (secondary N) is 1. The highest BCUT2D eigenvalue weighted by molar-refractivity contribution is 5.32. The van der Waals surface area contributed by atoms with Gasteiger partial charge in [0.05, 0.1) is 12.6 Å². The van der Waals surface area contributed by atoms with E-state index in [4.69, 9.17) is 4.74 Å². The number of likely N-dealkylation sites (N-methyl/N-ethyl adjacent to an activating group) is 1. The minimum absolute atomic E-state index is 0.0548. The van der Waals surface area contributed by atoms with Crippen molar-refractivity contribution in [3.8, 4) is 5.75 Å². The van der Waals surface area contributed by atoms with Crippen LogP contribution in [0.1, 0.15) is 12.5 Å². The molecular formula is C13H20N2O. The first-order chi connectivity index (χ1) is 7.64. The molecule has 1 aromatic carbocycles. The molecule has 1 heterocycles. The van der Waals surface area contributed by atoms with Crippen LogP contribution in [0, 0.1) is 0 Å². The normalized spacial score (nSPS) is 26.7. The molecule has 1 N–H and O–H groups in total. The minimum Gasteiger partial charge on any atom is -0.497 e. The quantitative estimate of drug-likeness (QED) is 0.816. The Balaban J connectivity index is 2.20. The van der Waals surface area contributed by atoms with Crippen molar-refractivity contribution in [2.24, 2.45) is 0 Å². The average molecular weight is 220 g/mol. The molecule has 1 saturated heterocycles. The topological polar surface area (TPSA) is 24.5 Å².